The van der Waals surface area contributed by atoms with Gasteiger partial charge < -0.3 is 30.1 Å². The first-order valence-electron chi connectivity index (χ1n) is 10.0. The molecule has 2 amide bonds. The van der Waals surface area contributed by atoms with E-state index in [9.17, 15) is 9.59 Å². The normalized spacial score (nSPS) is 15.5. The maximum atomic E-state index is 12.8. The summed E-state index contributed by atoms with van der Waals surface area (Å²) in [5.41, 5.74) is 0.868. The number of hydrogen-bond acceptors (Lipinski definition) is 6. The van der Waals surface area contributed by atoms with Gasteiger partial charge in [-0.1, -0.05) is 38.8 Å². The summed E-state index contributed by atoms with van der Waals surface area (Å²) in [5.74, 6) is -0.470. The Morgan fingerprint density at radius 1 is 1.24 bits per heavy atom. The Morgan fingerprint density at radius 2 is 1.97 bits per heavy atom. The molecule has 2 rings (SSSR count). The van der Waals surface area contributed by atoms with Crippen molar-refractivity contribution in [1.82, 2.24) is 10.6 Å². The van der Waals surface area contributed by atoms with E-state index in [0.29, 0.717) is 24.5 Å². The molecular formula is C20H31BN2O6. The first-order valence-corrected chi connectivity index (χ1v) is 10.0. The SMILES string of the molecule is COc1cccc(CNC(=O)C(CC2CC2)C(=O)N[C@@H](CC(C)C)OB(O)O)c1. The summed E-state index contributed by atoms with van der Waals surface area (Å²) in [5, 5.41) is 23.7. The molecule has 0 spiro atoms. The highest BCUT2D eigenvalue weighted by Crippen LogP contribution is 2.35. The molecule has 29 heavy (non-hydrogen) atoms. The van der Waals surface area contributed by atoms with Gasteiger partial charge in [-0.05, 0) is 42.4 Å². The van der Waals surface area contributed by atoms with E-state index in [-0.39, 0.29) is 18.4 Å². The van der Waals surface area contributed by atoms with Crippen LogP contribution in [0.2, 0.25) is 0 Å². The summed E-state index contributed by atoms with van der Waals surface area (Å²) in [6, 6.07) is 7.35. The number of rotatable bonds is 12. The summed E-state index contributed by atoms with van der Waals surface area (Å²) in [6.07, 6.45) is 1.99. The molecular weight excluding hydrogens is 375 g/mol. The number of carbonyl (C=O) groups excluding carboxylic acids is 2. The van der Waals surface area contributed by atoms with E-state index >= 15 is 0 Å². The van der Waals surface area contributed by atoms with Gasteiger partial charge in [0.1, 0.15) is 17.9 Å². The Bertz CT molecular complexity index is 671. The Balaban J connectivity index is 1.99. The second-order valence-corrected chi connectivity index (χ2v) is 7.89. The van der Waals surface area contributed by atoms with Crippen LogP contribution in [-0.4, -0.2) is 42.5 Å². The average molecular weight is 406 g/mol. The van der Waals surface area contributed by atoms with Gasteiger partial charge in [-0.2, -0.15) is 0 Å². The van der Waals surface area contributed by atoms with Crippen LogP contribution in [0.4, 0.5) is 0 Å². The minimum absolute atomic E-state index is 0.155. The van der Waals surface area contributed by atoms with Crippen molar-refractivity contribution in [2.75, 3.05) is 7.11 Å². The van der Waals surface area contributed by atoms with Crippen molar-refractivity contribution in [3.8, 4) is 5.75 Å². The quantitative estimate of drug-likeness (QED) is 0.236. The summed E-state index contributed by atoms with van der Waals surface area (Å²) >= 11 is 0. The summed E-state index contributed by atoms with van der Waals surface area (Å²) in [4.78, 5) is 25.6. The largest absolute Gasteiger partial charge is 0.635 e. The Kier molecular flexibility index (Phi) is 8.94. The zero-order chi connectivity index (χ0) is 21.4. The lowest BCUT2D eigenvalue weighted by Gasteiger charge is -2.24. The molecule has 0 aromatic heterocycles. The highest BCUT2D eigenvalue weighted by Gasteiger charge is 2.35. The minimum atomic E-state index is -2.00. The molecule has 1 aromatic rings. The summed E-state index contributed by atoms with van der Waals surface area (Å²) < 4.78 is 10.2. The van der Waals surface area contributed by atoms with Crippen molar-refractivity contribution >= 4 is 19.1 Å². The van der Waals surface area contributed by atoms with E-state index in [0.717, 1.165) is 18.4 Å². The lowest BCUT2D eigenvalue weighted by atomic mass is 9.99. The molecule has 4 N–H and O–H groups in total. The molecule has 8 nitrogen and oxygen atoms in total. The van der Waals surface area contributed by atoms with Gasteiger partial charge >= 0.3 is 7.32 Å². The molecule has 160 valence electrons. The van der Waals surface area contributed by atoms with Crippen LogP contribution in [0.15, 0.2) is 24.3 Å². The number of carbonyl (C=O) groups is 2. The number of methoxy groups -OCH3 is 1. The second-order valence-electron chi connectivity index (χ2n) is 7.89. The molecule has 1 fully saturated rings. The third-order valence-corrected chi connectivity index (χ3v) is 4.77. The highest BCUT2D eigenvalue weighted by atomic mass is 16.6. The Labute approximate surface area is 172 Å². The maximum absolute atomic E-state index is 12.8. The number of ether oxygens (including phenoxy) is 1. The van der Waals surface area contributed by atoms with Crippen LogP contribution < -0.4 is 15.4 Å². The van der Waals surface area contributed by atoms with Crippen molar-refractivity contribution in [2.45, 2.75) is 52.3 Å². The first-order chi connectivity index (χ1) is 13.8. The van der Waals surface area contributed by atoms with E-state index < -0.39 is 25.4 Å². The van der Waals surface area contributed by atoms with Crippen LogP contribution in [0.25, 0.3) is 0 Å². The van der Waals surface area contributed by atoms with Gasteiger partial charge in [-0.3, -0.25) is 9.59 Å². The maximum Gasteiger partial charge on any atom is 0.635 e. The van der Waals surface area contributed by atoms with E-state index in [4.69, 9.17) is 19.4 Å². The van der Waals surface area contributed by atoms with Gasteiger partial charge in [0.2, 0.25) is 11.8 Å². The molecule has 0 saturated heterocycles. The predicted molar refractivity (Wildman–Crippen MR) is 108 cm³/mol. The van der Waals surface area contributed by atoms with Gasteiger partial charge in [-0.15, -0.1) is 0 Å². The van der Waals surface area contributed by atoms with Crippen LogP contribution in [0.5, 0.6) is 5.75 Å². The topological polar surface area (TPSA) is 117 Å². The van der Waals surface area contributed by atoms with E-state index in [2.05, 4.69) is 10.6 Å². The first kappa shape index (κ1) is 23.2. The predicted octanol–water partition coefficient (Wildman–Crippen LogP) is 1.20. The van der Waals surface area contributed by atoms with E-state index in [1.807, 2.05) is 38.1 Å². The number of amides is 2. The lowest BCUT2D eigenvalue weighted by molar-refractivity contribution is -0.137. The molecule has 1 unspecified atom stereocenters. The Morgan fingerprint density at radius 3 is 2.55 bits per heavy atom. The smallest absolute Gasteiger partial charge is 0.497 e. The van der Waals surface area contributed by atoms with Gasteiger partial charge in [-0.25, -0.2) is 0 Å². The van der Waals surface area contributed by atoms with Crippen LogP contribution in [-0.2, 0) is 20.8 Å². The molecule has 1 aliphatic rings. The molecule has 0 aliphatic heterocycles. The molecule has 0 bridgehead atoms. The molecule has 9 heteroatoms. The zero-order valence-corrected chi connectivity index (χ0v) is 17.3. The van der Waals surface area contributed by atoms with Crippen molar-refractivity contribution in [1.29, 1.82) is 0 Å². The van der Waals surface area contributed by atoms with Gasteiger partial charge in [0, 0.05) is 6.54 Å². The fourth-order valence-corrected chi connectivity index (χ4v) is 3.10. The summed E-state index contributed by atoms with van der Waals surface area (Å²) in [7, 11) is -0.421. The molecule has 1 saturated carbocycles. The molecule has 0 heterocycles. The lowest BCUT2D eigenvalue weighted by Crippen LogP contribution is -2.48. The second kappa shape index (κ2) is 11.2. The number of benzene rings is 1. The molecule has 2 atom stereocenters. The van der Waals surface area contributed by atoms with E-state index in [1.165, 1.54) is 0 Å². The molecule has 1 aliphatic carbocycles. The molecule has 1 aromatic carbocycles. The van der Waals surface area contributed by atoms with Crippen molar-refractivity contribution in [2.24, 2.45) is 17.8 Å². The van der Waals surface area contributed by atoms with Crippen LogP contribution in [0.3, 0.4) is 0 Å². The van der Waals surface area contributed by atoms with Crippen molar-refractivity contribution < 1.29 is 29.0 Å². The number of nitrogens with one attached hydrogen (secondary N) is 2. The third kappa shape index (κ3) is 8.43. The van der Waals surface area contributed by atoms with Crippen molar-refractivity contribution in [3.05, 3.63) is 29.8 Å². The number of hydrogen-bond donors (Lipinski definition) is 4. The van der Waals surface area contributed by atoms with Gasteiger partial charge in [0.05, 0.1) is 7.11 Å². The third-order valence-electron chi connectivity index (χ3n) is 4.77. The van der Waals surface area contributed by atoms with Crippen LogP contribution >= 0.6 is 0 Å². The van der Waals surface area contributed by atoms with Gasteiger partial charge in [0.25, 0.3) is 0 Å². The van der Waals surface area contributed by atoms with E-state index in [1.54, 1.807) is 7.11 Å². The highest BCUT2D eigenvalue weighted by molar-refractivity contribution is 6.32. The zero-order valence-electron chi connectivity index (χ0n) is 17.3. The minimum Gasteiger partial charge on any atom is -0.497 e. The monoisotopic (exact) mass is 406 g/mol. The van der Waals surface area contributed by atoms with Crippen molar-refractivity contribution in [3.63, 3.8) is 0 Å². The summed E-state index contributed by atoms with van der Waals surface area (Å²) in [6.45, 7) is 4.13. The Hall–Kier alpha value is -2.10. The fourth-order valence-electron chi connectivity index (χ4n) is 3.10. The molecule has 0 radical (unpaired) electrons. The average Bonchev–Trinajstić information content (AvgIpc) is 3.47. The van der Waals surface area contributed by atoms with Gasteiger partial charge in [0.15, 0.2) is 0 Å². The van der Waals surface area contributed by atoms with Crippen LogP contribution in [0.1, 0.15) is 45.1 Å². The van der Waals surface area contributed by atoms with Crippen LogP contribution in [0, 0.1) is 17.8 Å². The standard InChI is InChI=1S/C20H31BN2O6/c1-13(2)9-18(29-21(26)27)23-20(25)17(11-14-7-8-14)19(24)22-12-15-5-4-6-16(10-15)28-3/h4-6,10,13-14,17-18,26-27H,7-9,11-12H2,1-3H3,(H,22,24)(H,23,25)/t17?,18-/m1/s1. The fraction of sp³-hybridized carbons (Fsp3) is 0.600.